The minimum atomic E-state index is -3.84. The molecule has 0 bridgehead atoms. The first-order chi connectivity index (χ1) is 15.8. The standard InChI is InChI=1S/C25H28N2O5S/c1-5-22(18-9-7-6-8-10-18)26-25(28)19-11-13-20(14-12-19)27(2)33(29,30)21-15-16-23(31-3)24(17-21)32-4/h6-17,22H,5H2,1-4H3,(H,26,28). The lowest BCUT2D eigenvalue weighted by Gasteiger charge is -2.21. The summed E-state index contributed by atoms with van der Waals surface area (Å²) in [5.41, 5.74) is 1.91. The van der Waals surface area contributed by atoms with Crippen LogP contribution in [0.25, 0.3) is 0 Å². The quantitative estimate of drug-likeness (QED) is 0.503. The molecule has 0 aromatic heterocycles. The van der Waals surface area contributed by atoms with Gasteiger partial charge in [0.1, 0.15) is 0 Å². The van der Waals surface area contributed by atoms with Crippen molar-refractivity contribution in [3.05, 3.63) is 83.9 Å². The number of nitrogens with zero attached hydrogens (tertiary/aromatic N) is 1. The number of carbonyl (C=O) groups is 1. The van der Waals surface area contributed by atoms with Crippen molar-refractivity contribution in [1.82, 2.24) is 5.32 Å². The van der Waals surface area contributed by atoms with E-state index in [0.29, 0.717) is 22.7 Å². The third-order valence-corrected chi connectivity index (χ3v) is 7.20. The van der Waals surface area contributed by atoms with Gasteiger partial charge in [0.2, 0.25) is 0 Å². The predicted molar refractivity (Wildman–Crippen MR) is 129 cm³/mol. The molecule has 3 aromatic carbocycles. The Morgan fingerprint density at radius 3 is 2.15 bits per heavy atom. The van der Waals surface area contributed by atoms with Crippen LogP contribution in [-0.4, -0.2) is 35.6 Å². The van der Waals surface area contributed by atoms with Gasteiger partial charge in [-0.1, -0.05) is 37.3 Å². The summed E-state index contributed by atoms with van der Waals surface area (Å²) in [4.78, 5) is 12.8. The summed E-state index contributed by atoms with van der Waals surface area (Å²) in [7, 11) is 0.549. The molecular weight excluding hydrogens is 440 g/mol. The maximum atomic E-state index is 13.1. The Bertz CT molecular complexity index is 1200. The zero-order valence-electron chi connectivity index (χ0n) is 19.1. The van der Waals surface area contributed by atoms with E-state index < -0.39 is 10.0 Å². The predicted octanol–water partition coefficient (Wildman–Crippen LogP) is 4.41. The first kappa shape index (κ1) is 24.1. The number of benzene rings is 3. The Morgan fingerprint density at radius 2 is 1.58 bits per heavy atom. The van der Waals surface area contributed by atoms with Gasteiger partial charge >= 0.3 is 0 Å². The van der Waals surface area contributed by atoms with Crippen LogP contribution < -0.4 is 19.1 Å². The SMILES string of the molecule is CCC(NC(=O)c1ccc(N(C)S(=O)(=O)c2ccc(OC)c(OC)c2)cc1)c1ccccc1. The molecule has 3 aromatic rings. The number of hydrogen-bond acceptors (Lipinski definition) is 5. The van der Waals surface area contributed by atoms with Gasteiger partial charge in [-0.25, -0.2) is 8.42 Å². The highest BCUT2D eigenvalue weighted by Gasteiger charge is 2.23. The van der Waals surface area contributed by atoms with Crippen LogP contribution in [0, 0.1) is 0 Å². The largest absolute Gasteiger partial charge is 0.493 e. The molecular formula is C25H28N2O5S. The van der Waals surface area contributed by atoms with Crippen LogP contribution in [0.2, 0.25) is 0 Å². The van der Waals surface area contributed by atoms with E-state index in [1.54, 1.807) is 30.3 Å². The summed E-state index contributed by atoms with van der Waals surface area (Å²) < 4.78 is 37.8. The van der Waals surface area contributed by atoms with E-state index in [1.165, 1.54) is 33.4 Å². The summed E-state index contributed by atoms with van der Waals surface area (Å²) in [6, 6.07) is 20.5. The topological polar surface area (TPSA) is 84.9 Å². The Hall–Kier alpha value is -3.52. The van der Waals surface area contributed by atoms with E-state index in [-0.39, 0.29) is 16.8 Å². The molecule has 0 heterocycles. The molecule has 0 aliphatic carbocycles. The van der Waals surface area contributed by atoms with Gasteiger partial charge in [0.15, 0.2) is 11.5 Å². The molecule has 7 nitrogen and oxygen atoms in total. The van der Waals surface area contributed by atoms with Crippen molar-refractivity contribution in [2.75, 3.05) is 25.6 Å². The van der Waals surface area contributed by atoms with E-state index in [9.17, 15) is 13.2 Å². The minimum absolute atomic E-state index is 0.0677. The Kier molecular flexibility index (Phi) is 7.60. The first-order valence-corrected chi connectivity index (χ1v) is 11.9. The summed E-state index contributed by atoms with van der Waals surface area (Å²) in [5, 5.41) is 3.03. The van der Waals surface area contributed by atoms with Gasteiger partial charge in [0, 0.05) is 18.7 Å². The third-order valence-electron chi connectivity index (χ3n) is 5.42. The molecule has 0 saturated heterocycles. The lowest BCUT2D eigenvalue weighted by atomic mass is 10.0. The molecule has 1 N–H and O–H groups in total. The van der Waals surface area contributed by atoms with Gasteiger partial charge in [-0.05, 0) is 48.4 Å². The van der Waals surface area contributed by atoms with Crippen molar-refractivity contribution >= 4 is 21.6 Å². The lowest BCUT2D eigenvalue weighted by Crippen LogP contribution is -2.28. The highest BCUT2D eigenvalue weighted by atomic mass is 32.2. The van der Waals surface area contributed by atoms with E-state index in [1.807, 2.05) is 37.3 Å². The number of rotatable bonds is 9. The van der Waals surface area contributed by atoms with Gasteiger partial charge in [0.05, 0.1) is 30.8 Å². The number of amides is 1. The monoisotopic (exact) mass is 468 g/mol. The van der Waals surface area contributed by atoms with Crippen LogP contribution in [0.1, 0.15) is 35.3 Å². The van der Waals surface area contributed by atoms with Crippen molar-refractivity contribution in [2.24, 2.45) is 0 Å². The molecule has 1 atom stereocenters. The average Bonchev–Trinajstić information content (AvgIpc) is 2.86. The van der Waals surface area contributed by atoms with Crippen molar-refractivity contribution in [2.45, 2.75) is 24.3 Å². The molecule has 8 heteroatoms. The normalized spacial score (nSPS) is 12.0. The number of ether oxygens (including phenoxy) is 2. The number of hydrogen-bond donors (Lipinski definition) is 1. The second kappa shape index (κ2) is 10.4. The molecule has 0 aliphatic heterocycles. The van der Waals surface area contributed by atoms with Gasteiger partial charge in [0.25, 0.3) is 15.9 Å². The summed E-state index contributed by atoms with van der Waals surface area (Å²) in [6.07, 6.45) is 0.750. The molecule has 3 rings (SSSR count). The van der Waals surface area contributed by atoms with Crippen LogP contribution in [0.3, 0.4) is 0 Å². The fourth-order valence-corrected chi connectivity index (χ4v) is 4.66. The number of carbonyl (C=O) groups excluding carboxylic acids is 1. The fraction of sp³-hybridized carbons (Fsp3) is 0.240. The number of sulfonamides is 1. The molecule has 1 unspecified atom stereocenters. The Labute approximate surface area is 195 Å². The molecule has 0 radical (unpaired) electrons. The first-order valence-electron chi connectivity index (χ1n) is 10.5. The molecule has 0 aliphatic rings. The number of anilines is 1. The smallest absolute Gasteiger partial charge is 0.264 e. The summed E-state index contributed by atoms with van der Waals surface area (Å²) >= 11 is 0. The zero-order valence-corrected chi connectivity index (χ0v) is 19.9. The number of methoxy groups -OCH3 is 2. The van der Waals surface area contributed by atoms with Gasteiger partial charge < -0.3 is 14.8 Å². The van der Waals surface area contributed by atoms with E-state index in [0.717, 1.165) is 16.3 Å². The van der Waals surface area contributed by atoms with Crippen molar-refractivity contribution in [1.29, 1.82) is 0 Å². The minimum Gasteiger partial charge on any atom is -0.493 e. The van der Waals surface area contributed by atoms with E-state index in [2.05, 4.69) is 5.32 Å². The molecule has 0 fully saturated rings. The molecule has 1 amide bonds. The molecule has 33 heavy (non-hydrogen) atoms. The molecule has 174 valence electrons. The van der Waals surface area contributed by atoms with E-state index in [4.69, 9.17) is 9.47 Å². The second-order valence-electron chi connectivity index (χ2n) is 7.38. The van der Waals surface area contributed by atoms with Crippen molar-refractivity contribution in [3.63, 3.8) is 0 Å². The average molecular weight is 469 g/mol. The van der Waals surface area contributed by atoms with Gasteiger partial charge in [-0.2, -0.15) is 0 Å². The van der Waals surface area contributed by atoms with Gasteiger partial charge in [-0.3, -0.25) is 9.10 Å². The van der Waals surface area contributed by atoms with E-state index >= 15 is 0 Å². The van der Waals surface area contributed by atoms with Crippen molar-refractivity contribution < 1.29 is 22.7 Å². The summed E-state index contributed by atoms with van der Waals surface area (Å²) in [5.74, 6) is 0.542. The lowest BCUT2D eigenvalue weighted by molar-refractivity contribution is 0.0935. The van der Waals surface area contributed by atoms with Crippen LogP contribution in [0.5, 0.6) is 11.5 Å². The fourth-order valence-electron chi connectivity index (χ4n) is 3.44. The maximum absolute atomic E-state index is 13.1. The van der Waals surface area contributed by atoms with Crippen LogP contribution in [-0.2, 0) is 10.0 Å². The molecule has 0 spiro atoms. The number of nitrogens with one attached hydrogen (secondary N) is 1. The van der Waals surface area contributed by atoms with Crippen LogP contribution in [0.4, 0.5) is 5.69 Å². The zero-order chi connectivity index (χ0) is 24.0. The van der Waals surface area contributed by atoms with Gasteiger partial charge in [-0.15, -0.1) is 0 Å². The third kappa shape index (κ3) is 5.28. The second-order valence-corrected chi connectivity index (χ2v) is 9.35. The highest BCUT2D eigenvalue weighted by molar-refractivity contribution is 7.92. The highest BCUT2D eigenvalue weighted by Crippen LogP contribution is 2.31. The van der Waals surface area contributed by atoms with Crippen LogP contribution in [0.15, 0.2) is 77.7 Å². The maximum Gasteiger partial charge on any atom is 0.264 e. The van der Waals surface area contributed by atoms with Crippen LogP contribution >= 0.6 is 0 Å². The van der Waals surface area contributed by atoms with Crippen molar-refractivity contribution in [3.8, 4) is 11.5 Å². The molecule has 0 saturated carbocycles. The Morgan fingerprint density at radius 1 is 0.939 bits per heavy atom. The Balaban J connectivity index is 1.78. The summed E-state index contributed by atoms with van der Waals surface area (Å²) in [6.45, 7) is 2.01.